The van der Waals surface area contributed by atoms with Crippen molar-refractivity contribution in [1.29, 1.82) is 5.26 Å². The van der Waals surface area contributed by atoms with Crippen LogP contribution < -0.4 is 4.74 Å². The average Bonchev–Trinajstić information content (AvgIpc) is 2.43. The second-order valence-corrected chi connectivity index (χ2v) is 4.75. The molecule has 0 fully saturated rings. The summed E-state index contributed by atoms with van der Waals surface area (Å²) >= 11 is 0. The van der Waals surface area contributed by atoms with E-state index in [4.69, 9.17) is 10.00 Å². The summed E-state index contributed by atoms with van der Waals surface area (Å²) in [6, 6.07) is 4.80. The number of aliphatic hydroxyl groups excluding tert-OH is 1. The van der Waals surface area contributed by atoms with Gasteiger partial charge in [-0.2, -0.15) is 18.4 Å². The van der Waals surface area contributed by atoms with Crippen molar-refractivity contribution in [2.75, 3.05) is 6.61 Å². The topological polar surface area (TPSA) is 53.2 Å². The minimum absolute atomic E-state index is 0.0753. The largest absolute Gasteiger partial charge is 0.494 e. The van der Waals surface area contributed by atoms with E-state index >= 15 is 0 Å². The molecule has 6 heteroatoms. The molecule has 0 heterocycles. The molecule has 0 radical (unpaired) electrons. The monoisotopic (exact) mass is 301 g/mol. The summed E-state index contributed by atoms with van der Waals surface area (Å²) in [5.74, 6) is 0.0753. The number of halogens is 3. The molecule has 0 saturated carbocycles. The molecule has 0 aliphatic carbocycles. The van der Waals surface area contributed by atoms with Crippen LogP contribution in [0.3, 0.4) is 0 Å². The van der Waals surface area contributed by atoms with Gasteiger partial charge in [0.2, 0.25) is 0 Å². The van der Waals surface area contributed by atoms with E-state index in [0.717, 1.165) is 18.6 Å². The SMILES string of the molecule is CCCC(O)CCCOc1ccc(C#N)c(C(F)(F)F)c1. The second-order valence-electron chi connectivity index (χ2n) is 4.75. The van der Waals surface area contributed by atoms with E-state index in [1.165, 1.54) is 12.1 Å². The number of benzene rings is 1. The predicted molar refractivity (Wildman–Crippen MR) is 71.8 cm³/mol. The molecule has 116 valence electrons. The van der Waals surface area contributed by atoms with Crippen LogP contribution in [0.25, 0.3) is 0 Å². The van der Waals surface area contributed by atoms with E-state index in [0.29, 0.717) is 19.3 Å². The van der Waals surface area contributed by atoms with Crippen molar-refractivity contribution < 1.29 is 23.0 Å². The normalized spacial score (nSPS) is 12.8. The highest BCUT2D eigenvalue weighted by atomic mass is 19.4. The van der Waals surface area contributed by atoms with Crippen LogP contribution in [0, 0.1) is 11.3 Å². The highest BCUT2D eigenvalue weighted by Crippen LogP contribution is 2.34. The van der Waals surface area contributed by atoms with E-state index < -0.39 is 23.4 Å². The molecule has 1 atom stereocenters. The fourth-order valence-corrected chi connectivity index (χ4v) is 1.93. The Morgan fingerprint density at radius 3 is 2.62 bits per heavy atom. The lowest BCUT2D eigenvalue weighted by atomic mass is 10.1. The third kappa shape index (κ3) is 5.64. The molecule has 3 nitrogen and oxygen atoms in total. The number of ether oxygens (including phenoxy) is 1. The molecular weight excluding hydrogens is 283 g/mol. The van der Waals surface area contributed by atoms with Gasteiger partial charge >= 0.3 is 6.18 Å². The Kier molecular flexibility index (Phi) is 6.50. The Morgan fingerprint density at radius 2 is 2.05 bits per heavy atom. The molecule has 1 unspecified atom stereocenters. The molecule has 1 aromatic carbocycles. The van der Waals surface area contributed by atoms with Gasteiger partial charge in [-0.1, -0.05) is 13.3 Å². The number of nitrogens with zero attached hydrogens (tertiary/aromatic N) is 1. The lowest BCUT2D eigenvalue weighted by Crippen LogP contribution is -2.10. The zero-order valence-corrected chi connectivity index (χ0v) is 11.8. The Bertz CT molecular complexity index is 495. The van der Waals surface area contributed by atoms with E-state index in [2.05, 4.69) is 0 Å². The number of nitriles is 1. The minimum Gasteiger partial charge on any atom is -0.494 e. The fourth-order valence-electron chi connectivity index (χ4n) is 1.93. The molecule has 0 aliphatic rings. The van der Waals surface area contributed by atoms with Gasteiger partial charge < -0.3 is 9.84 Å². The van der Waals surface area contributed by atoms with Crippen molar-refractivity contribution in [3.05, 3.63) is 29.3 Å². The van der Waals surface area contributed by atoms with Crippen molar-refractivity contribution in [1.82, 2.24) is 0 Å². The lowest BCUT2D eigenvalue weighted by molar-refractivity contribution is -0.137. The van der Waals surface area contributed by atoms with Crippen LogP contribution in [0.4, 0.5) is 13.2 Å². The molecule has 21 heavy (non-hydrogen) atoms. The van der Waals surface area contributed by atoms with Gasteiger partial charge in [0.15, 0.2) is 0 Å². The maximum Gasteiger partial charge on any atom is 0.417 e. The van der Waals surface area contributed by atoms with Crippen molar-refractivity contribution in [2.24, 2.45) is 0 Å². The highest BCUT2D eigenvalue weighted by Gasteiger charge is 2.34. The molecule has 0 bridgehead atoms. The van der Waals surface area contributed by atoms with Gasteiger partial charge in [-0.25, -0.2) is 0 Å². The molecule has 0 aromatic heterocycles. The number of rotatable bonds is 7. The van der Waals surface area contributed by atoms with Crippen molar-refractivity contribution in [3.63, 3.8) is 0 Å². The Labute approximate surface area is 122 Å². The summed E-state index contributed by atoms with van der Waals surface area (Å²) in [4.78, 5) is 0. The van der Waals surface area contributed by atoms with Gasteiger partial charge in [0.25, 0.3) is 0 Å². The van der Waals surface area contributed by atoms with Gasteiger partial charge in [-0.05, 0) is 37.5 Å². The molecule has 0 aliphatic heterocycles. The quantitative estimate of drug-likeness (QED) is 0.777. The van der Waals surface area contributed by atoms with Crippen LogP contribution in [0.15, 0.2) is 18.2 Å². The van der Waals surface area contributed by atoms with Gasteiger partial charge in [0, 0.05) is 0 Å². The van der Waals surface area contributed by atoms with Crippen LogP contribution in [0.5, 0.6) is 5.75 Å². The minimum atomic E-state index is -4.58. The average molecular weight is 301 g/mol. The third-order valence-corrected chi connectivity index (χ3v) is 2.99. The maximum atomic E-state index is 12.8. The first-order valence-electron chi connectivity index (χ1n) is 6.80. The maximum absolute atomic E-state index is 12.8. The molecule has 0 amide bonds. The number of alkyl halides is 3. The Morgan fingerprint density at radius 1 is 1.33 bits per heavy atom. The van der Waals surface area contributed by atoms with Crippen LogP contribution in [0.2, 0.25) is 0 Å². The Hall–Kier alpha value is -1.74. The smallest absolute Gasteiger partial charge is 0.417 e. The molecule has 1 aromatic rings. The van der Waals surface area contributed by atoms with Crippen molar-refractivity contribution >= 4 is 0 Å². The van der Waals surface area contributed by atoms with Gasteiger partial charge in [-0.15, -0.1) is 0 Å². The van der Waals surface area contributed by atoms with Crippen molar-refractivity contribution in [2.45, 2.75) is 44.9 Å². The molecule has 0 saturated heterocycles. The second kappa shape index (κ2) is 7.89. The third-order valence-electron chi connectivity index (χ3n) is 2.99. The Balaban J connectivity index is 2.59. The number of aliphatic hydroxyl groups is 1. The van der Waals surface area contributed by atoms with E-state index in [-0.39, 0.29) is 12.4 Å². The summed E-state index contributed by atoms with van der Waals surface area (Å²) in [6.07, 6.45) is -2.28. The zero-order valence-electron chi connectivity index (χ0n) is 11.8. The van der Waals surface area contributed by atoms with Crippen LogP contribution >= 0.6 is 0 Å². The highest BCUT2D eigenvalue weighted by molar-refractivity contribution is 5.44. The standard InChI is InChI=1S/C15H18F3NO2/c1-2-4-12(20)5-3-8-21-13-7-6-11(10-19)14(9-13)15(16,17)18/h6-7,9,12,20H,2-5,8H2,1H3. The first kappa shape index (κ1) is 17.3. The number of hydrogen-bond donors (Lipinski definition) is 1. The van der Waals surface area contributed by atoms with E-state index in [1.54, 1.807) is 0 Å². The molecular formula is C15H18F3NO2. The first-order chi connectivity index (χ1) is 9.88. The predicted octanol–water partition coefficient (Wildman–Crippen LogP) is 3.90. The summed E-state index contributed by atoms with van der Waals surface area (Å²) in [5.41, 5.74) is -1.42. The summed E-state index contributed by atoms with van der Waals surface area (Å²) in [6.45, 7) is 2.19. The lowest BCUT2D eigenvalue weighted by Gasteiger charge is -2.13. The van der Waals surface area contributed by atoms with Crippen LogP contribution in [-0.2, 0) is 6.18 Å². The van der Waals surface area contributed by atoms with Crippen LogP contribution in [-0.4, -0.2) is 17.8 Å². The van der Waals surface area contributed by atoms with Gasteiger partial charge in [0.05, 0.1) is 29.9 Å². The molecule has 0 spiro atoms. The zero-order chi connectivity index (χ0) is 15.9. The molecule has 1 rings (SSSR count). The van der Waals surface area contributed by atoms with E-state index in [9.17, 15) is 18.3 Å². The summed E-state index contributed by atoms with van der Waals surface area (Å²) in [5, 5.41) is 18.2. The van der Waals surface area contributed by atoms with Gasteiger partial charge in [0.1, 0.15) is 5.75 Å². The fraction of sp³-hybridized carbons (Fsp3) is 0.533. The van der Waals surface area contributed by atoms with Crippen molar-refractivity contribution in [3.8, 4) is 11.8 Å². The summed E-state index contributed by atoms with van der Waals surface area (Å²) in [7, 11) is 0. The summed E-state index contributed by atoms with van der Waals surface area (Å²) < 4.78 is 43.5. The van der Waals surface area contributed by atoms with Crippen LogP contribution in [0.1, 0.15) is 43.7 Å². The van der Waals surface area contributed by atoms with Gasteiger partial charge in [-0.3, -0.25) is 0 Å². The first-order valence-corrected chi connectivity index (χ1v) is 6.80. The van der Waals surface area contributed by atoms with E-state index in [1.807, 2.05) is 6.92 Å². The molecule has 1 N–H and O–H groups in total. The number of hydrogen-bond acceptors (Lipinski definition) is 3.